The van der Waals surface area contributed by atoms with Gasteiger partial charge in [-0.3, -0.25) is 4.79 Å². The molecule has 20 heavy (non-hydrogen) atoms. The normalized spacial score (nSPS) is 13.7. The van der Waals surface area contributed by atoms with E-state index in [9.17, 15) is 9.59 Å². The van der Waals surface area contributed by atoms with Gasteiger partial charge in [0.05, 0.1) is 6.61 Å². The molecule has 1 N–H and O–H groups in total. The number of carbonyl (C=O) groups is 2. The molecule has 0 unspecified atom stereocenters. The number of benzene rings is 1. The van der Waals surface area contributed by atoms with E-state index in [4.69, 9.17) is 16.3 Å². The van der Waals surface area contributed by atoms with E-state index < -0.39 is 0 Å². The van der Waals surface area contributed by atoms with Gasteiger partial charge in [-0.05, 0) is 38.0 Å². The lowest BCUT2D eigenvalue weighted by atomic mass is 10.3. The van der Waals surface area contributed by atoms with Crippen molar-refractivity contribution in [2.24, 2.45) is 0 Å². The molecular formula is C14H17ClN2O3. The van der Waals surface area contributed by atoms with Gasteiger partial charge in [-0.2, -0.15) is 0 Å². The van der Waals surface area contributed by atoms with Crippen molar-refractivity contribution in [1.29, 1.82) is 0 Å². The van der Waals surface area contributed by atoms with E-state index in [0.29, 0.717) is 17.3 Å². The molecular weight excluding hydrogens is 280 g/mol. The van der Waals surface area contributed by atoms with E-state index in [2.05, 4.69) is 5.32 Å². The number of ether oxygens (including phenoxy) is 1. The molecule has 0 atom stereocenters. The number of hydrogen-bond acceptors (Lipinski definition) is 3. The van der Waals surface area contributed by atoms with Gasteiger partial charge in [0.1, 0.15) is 6.54 Å². The zero-order valence-electron chi connectivity index (χ0n) is 11.3. The maximum atomic E-state index is 12.2. The molecule has 0 aromatic heterocycles. The lowest BCUT2D eigenvalue weighted by molar-refractivity contribution is -0.143. The molecule has 0 heterocycles. The fourth-order valence-electron chi connectivity index (χ4n) is 1.86. The molecule has 0 aliphatic heterocycles. The van der Waals surface area contributed by atoms with Crippen LogP contribution in [-0.4, -0.2) is 36.1 Å². The van der Waals surface area contributed by atoms with Crippen LogP contribution in [0, 0.1) is 0 Å². The summed E-state index contributed by atoms with van der Waals surface area (Å²) >= 11 is 5.87. The van der Waals surface area contributed by atoms with Gasteiger partial charge >= 0.3 is 12.0 Å². The topological polar surface area (TPSA) is 58.6 Å². The summed E-state index contributed by atoms with van der Waals surface area (Å²) in [5.41, 5.74) is 0.608. The smallest absolute Gasteiger partial charge is 0.325 e. The molecule has 0 saturated heterocycles. The fourth-order valence-corrected chi connectivity index (χ4v) is 2.05. The Labute approximate surface area is 122 Å². The van der Waals surface area contributed by atoms with Crippen molar-refractivity contribution < 1.29 is 14.3 Å². The number of urea groups is 1. The Morgan fingerprint density at radius 1 is 1.45 bits per heavy atom. The molecule has 2 rings (SSSR count). The summed E-state index contributed by atoms with van der Waals surface area (Å²) in [6.07, 6.45) is 1.84. The minimum absolute atomic E-state index is 0.0229. The third-order valence-corrected chi connectivity index (χ3v) is 3.16. The molecule has 1 aromatic rings. The first-order chi connectivity index (χ1) is 9.60. The van der Waals surface area contributed by atoms with Crippen molar-refractivity contribution in [2.45, 2.75) is 25.8 Å². The van der Waals surface area contributed by atoms with Crippen LogP contribution in [0.15, 0.2) is 24.3 Å². The highest BCUT2D eigenvalue weighted by Gasteiger charge is 2.34. The standard InChI is InChI=1S/C14H17ClN2O3/c1-2-20-13(18)9-17(12-6-7-12)14(19)16-11-5-3-4-10(15)8-11/h3-5,8,12H,2,6-7,9H2,1H3,(H,16,19). The molecule has 0 bridgehead atoms. The van der Waals surface area contributed by atoms with Gasteiger partial charge in [0, 0.05) is 16.8 Å². The summed E-state index contributed by atoms with van der Waals surface area (Å²) < 4.78 is 4.89. The van der Waals surface area contributed by atoms with Crippen LogP contribution in [0.25, 0.3) is 0 Å². The predicted molar refractivity (Wildman–Crippen MR) is 76.8 cm³/mol. The fraction of sp³-hybridized carbons (Fsp3) is 0.429. The first-order valence-corrected chi connectivity index (χ1v) is 6.96. The number of nitrogens with one attached hydrogen (secondary N) is 1. The van der Waals surface area contributed by atoms with E-state index in [1.807, 2.05) is 0 Å². The lowest BCUT2D eigenvalue weighted by Gasteiger charge is -2.21. The second kappa shape index (κ2) is 6.61. The maximum absolute atomic E-state index is 12.2. The molecule has 1 fully saturated rings. The zero-order valence-corrected chi connectivity index (χ0v) is 12.0. The van der Waals surface area contributed by atoms with Gasteiger partial charge in [0.2, 0.25) is 0 Å². The number of halogens is 1. The molecule has 1 aromatic carbocycles. The average Bonchev–Trinajstić information content (AvgIpc) is 3.20. The third-order valence-electron chi connectivity index (χ3n) is 2.93. The van der Waals surface area contributed by atoms with Gasteiger partial charge in [-0.1, -0.05) is 17.7 Å². The van der Waals surface area contributed by atoms with Crippen LogP contribution in [-0.2, 0) is 9.53 Å². The Morgan fingerprint density at radius 2 is 2.20 bits per heavy atom. The summed E-state index contributed by atoms with van der Waals surface area (Å²) in [6, 6.07) is 6.72. The quantitative estimate of drug-likeness (QED) is 0.850. The van der Waals surface area contributed by atoms with Crippen LogP contribution in [0.1, 0.15) is 19.8 Å². The summed E-state index contributed by atoms with van der Waals surface area (Å²) in [5.74, 6) is -0.388. The minimum Gasteiger partial charge on any atom is -0.465 e. The minimum atomic E-state index is -0.388. The highest BCUT2D eigenvalue weighted by atomic mass is 35.5. The van der Waals surface area contributed by atoms with E-state index >= 15 is 0 Å². The van der Waals surface area contributed by atoms with E-state index in [-0.39, 0.29) is 24.6 Å². The number of nitrogens with zero attached hydrogens (tertiary/aromatic N) is 1. The molecule has 5 nitrogen and oxygen atoms in total. The number of amides is 2. The molecule has 2 amide bonds. The van der Waals surface area contributed by atoms with E-state index in [0.717, 1.165) is 12.8 Å². The predicted octanol–water partition coefficient (Wildman–Crippen LogP) is 2.90. The number of carbonyl (C=O) groups excluding carboxylic acids is 2. The Hall–Kier alpha value is -1.75. The monoisotopic (exact) mass is 296 g/mol. The van der Waals surface area contributed by atoms with E-state index in [1.54, 1.807) is 31.2 Å². The SMILES string of the molecule is CCOC(=O)CN(C(=O)Nc1cccc(Cl)c1)C1CC1. The van der Waals surface area contributed by atoms with E-state index in [1.165, 1.54) is 4.90 Å². The molecule has 0 spiro atoms. The summed E-state index contributed by atoms with van der Waals surface area (Å²) in [7, 11) is 0. The van der Waals surface area contributed by atoms with Gasteiger partial charge < -0.3 is 15.0 Å². The van der Waals surface area contributed by atoms with Crippen LogP contribution in [0.2, 0.25) is 5.02 Å². The van der Waals surface area contributed by atoms with Crippen molar-refractivity contribution in [2.75, 3.05) is 18.5 Å². The molecule has 1 aliphatic rings. The van der Waals surface area contributed by atoms with Crippen molar-refractivity contribution in [3.63, 3.8) is 0 Å². The summed E-state index contributed by atoms with van der Waals surface area (Å²) in [4.78, 5) is 25.3. The number of anilines is 1. The second-order valence-electron chi connectivity index (χ2n) is 4.60. The summed E-state index contributed by atoms with van der Waals surface area (Å²) in [6.45, 7) is 2.03. The molecule has 6 heteroatoms. The van der Waals surface area contributed by atoms with Crippen molar-refractivity contribution >= 4 is 29.3 Å². The molecule has 0 radical (unpaired) electrons. The Bertz CT molecular complexity index is 503. The highest BCUT2D eigenvalue weighted by molar-refractivity contribution is 6.30. The molecule has 108 valence electrons. The summed E-state index contributed by atoms with van der Waals surface area (Å²) in [5, 5.41) is 3.29. The zero-order chi connectivity index (χ0) is 14.5. The Balaban J connectivity index is 1.98. The lowest BCUT2D eigenvalue weighted by Crippen LogP contribution is -2.40. The van der Waals surface area contributed by atoms with Crippen molar-refractivity contribution in [3.8, 4) is 0 Å². The number of rotatable bonds is 5. The Morgan fingerprint density at radius 3 is 2.80 bits per heavy atom. The number of esters is 1. The maximum Gasteiger partial charge on any atom is 0.325 e. The van der Waals surface area contributed by atoms with Crippen LogP contribution in [0.4, 0.5) is 10.5 Å². The second-order valence-corrected chi connectivity index (χ2v) is 5.04. The van der Waals surface area contributed by atoms with Gasteiger partial charge in [0.25, 0.3) is 0 Å². The van der Waals surface area contributed by atoms with Crippen LogP contribution in [0.3, 0.4) is 0 Å². The van der Waals surface area contributed by atoms with Crippen molar-refractivity contribution in [1.82, 2.24) is 4.90 Å². The third kappa shape index (κ3) is 4.13. The van der Waals surface area contributed by atoms with Crippen LogP contribution in [0.5, 0.6) is 0 Å². The highest BCUT2D eigenvalue weighted by Crippen LogP contribution is 2.27. The van der Waals surface area contributed by atoms with Crippen LogP contribution < -0.4 is 5.32 Å². The molecule has 1 aliphatic carbocycles. The van der Waals surface area contributed by atoms with Gasteiger partial charge in [-0.15, -0.1) is 0 Å². The van der Waals surface area contributed by atoms with Crippen molar-refractivity contribution in [3.05, 3.63) is 29.3 Å². The first-order valence-electron chi connectivity index (χ1n) is 6.59. The Kier molecular flexibility index (Phi) is 4.84. The van der Waals surface area contributed by atoms with Gasteiger partial charge in [0.15, 0.2) is 0 Å². The van der Waals surface area contributed by atoms with Crippen LogP contribution >= 0.6 is 11.6 Å². The first kappa shape index (κ1) is 14.7. The molecule has 1 saturated carbocycles. The van der Waals surface area contributed by atoms with Gasteiger partial charge in [-0.25, -0.2) is 4.79 Å². The largest absolute Gasteiger partial charge is 0.465 e. The number of hydrogen-bond donors (Lipinski definition) is 1. The average molecular weight is 297 g/mol.